The molecule has 1 aliphatic rings. The van der Waals surface area contributed by atoms with Gasteiger partial charge in [0.2, 0.25) is 11.8 Å². The second-order valence-corrected chi connectivity index (χ2v) is 10.4. The van der Waals surface area contributed by atoms with Crippen LogP contribution in [0.15, 0.2) is 72.8 Å². The number of amides is 2. The van der Waals surface area contributed by atoms with Gasteiger partial charge in [0.05, 0.1) is 28.6 Å². The van der Waals surface area contributed by atoms with E-state index in [0.717, 1.165) is 23.3 Å². The molecule has 3 aromatic carbocycles. The number of β-amino-alcohol motifs (C(OH)–C–C–N with tert-alkyl or cyclic N) is 1. The summed E-state index contributed by atoms with van der Waals surface area (Å²) < 4.78 is 27.5. The third-order valence-corrected chi connectivity index (χ3v) is 6.54. The fraction of sp³-hybridized carbons (Fsp3) is 0.267. The Balaban J connectivity index is 1.48. The number of benzene rings is 3. The number of nitrogens with two attached hydrogens (primary N) is 1. The molecule has 1 fully saturated rings. The molecule has 0 saturated carbocycles. The Morgan fingerprint density at radius 3 is 2.41 bits per heavy atom. The van der Waals surface area contributed by atoms with Gasteiger partial charge in [-0.25, -0.2) is 8.78 Å². The molecule has 2 amide bonds. The van der Waals surface area contributed by atoms with Crippen molar-refractivity contribution in [2.45, 2.75) is 25.4 Å². The molecule has 1 heterocycles. The molecule has 4 rings (SSSR count). The van der Waals surface area contributed by atoms with Crippen LogP contribution in [0.2, 0.25) is 0 Å². The molecular formula is C30H32F2N4O3. The number of nitrogens with one attached hydrogen (secondary N) is 2. The average molecular weight is 535 g/mol. The SMILES string of the molecule is CC(C)(O)CN1CC(C(=O)Nc2ccc(F)cc2F)C(c2ccc(C=CC(=O)Nc3ccccc3N)cc2)C1. The molecule has 0 spiro atoms. The quantitative estimate of drug-likeness (QED) is 0.249. The van der Waals surface area contributed by atoms with Gasteiger partial charge in [0, 0.05) is 37.7 Å². The molecule has 39 heavy (non-hydrogen) atoms. The molecule has 0 aromatic heterocycles. The highest BCUT2D eigenvalue weighted by atomic mass is 19.1. The summed E-state index contributed by atoms with van der Waals surface area (Å²) in [5, 5.41) is 15.7. The van der Waals surface area contributed by atoms with E-state index in [1.165, 1.54) is 12.1 Å². The number of aliphatic hydroxyl groups is 1. The Morgan fingerprint density at radius 1 is 1.03 bits per heavy atom. The zero-order valence-electron chi connectivity index (χ0n) is 21.8. The van der Waals surface area contributed by atoms with E-state index >= 15 is 0 Å². The van der Waals surface area contributed by atoms with Crippen molar-refractivity contribution in [3.63, 3.8) is 0 Å². The summed E-state index contributed by atoms with van der Waals surface area (Å²) in [6, 6.07) is 17.5. The number of halogens is 2. The van der Waals surface area contributed by atoms with E-state index in [9.17, 15) is 23.5 Å². The van der Waals surface area contributed by atoms with Gasteiger partial charge in [-0.1, -0.05) is 36.4 Å². The van der Waals surface area contributed by atoms with E-state index in [-0.39, 0.29) is 23.4 Å². The molecule has 9 heteroatoms. The van der Waals surface area contributed by atoms with Crippen LogP contribution < -0.4 is 16.4 Å². The summed E-state index contributed by atoms with van der Waals surface area (Å²) >= 11 is 0. The van der Waals surface area contributed by atoms with Gasteiger partial charge in [0.15, 0.2) is 0 Å². The summed E-state index contributed by atoms with van der Waals surface area (Å²) in [6.07, 6.45) is 3.09. The number of anilines is 3. The van der Waals surface area contributed by atoms with Gasteiger partial charge in [0.25, 0.3) is 0 Å². The van der Waals surface area contributed by atoms with Gasteiger partial charge in [-0.3, -0.25) is 14.5 Å². The lowest BCUT2D eigenvalue weighted by Crippen LogP contribution is -2.38. The first kappa shape index (κ1) is 27.9. The van der Waals surface area contributed by atoms with Gasteiger partial charge >= 0.3 is 0 Å². The van der Waals surface area contributed by atoms with E-state index in [1.54, 1.807) is 44.2 Å². The lowest BCUT2D eigenvalue weighted by molar-refractivity contribution is -0.120. The minimum atomic E-state index is -0.960. The van der Waals surface area contributed by atoms with E-state index in [0.29, 0.717) is 31.0 Å². The monoisotopic (exact) mass is 534 g/mol. The number of nitrogen functional groups attached to an aromatic ring is 1. The van der Waals surface area contributed by atoms with Crippen LogP contribution in [-0.2, 0) is 9.59 Å². The average Bonchev–Trinajstić information content (AvgIpc) is 3.28. The van der Waals surface area contributed by atoms with Crippen molar-refractivity contribution in [1.29, 1.82) is 0 Å². The van der Waals surface area contributed by atoms with E-state index < -0.39 is 23.2 Å². The smallest absolute Gasteiger partial charge is 0.248 e. The minimum Gasteiger partial charge on any atom is -0.397 e. The number of nitrogens with zero attached hydrogens (tertiary/aromatic N) is 1. The molecule has 7 nitrogen and oxygen atoms in total. The predicted octanol–water partition coefficient (Wildman–Crippen LogP) is 4.62. The lowest BCUT2D eigenvalue weighted by atomic mass is 9.88. The van der Waals surface area contributed by atoms with Gasteiger partial charge in [0.1, 0.15) is 11.6 Å². The van der Waals surface area contributed by atoms with Crippen molar-refractivity contribution in [3.05, 3.63) is 95.6 Å². The van der Waals surface area contributed by atoms with Crippen molar-refractivity contribution in [3.8, 4) is 0 Å². The minimum absolute atomic E-state index is 0.0860. The van der Waals surface area contributed by atoms with Crippen LogP contribution in [0.4, 0.5) is 25.8 Å². The van der Waals surface area contributed by atoms with Crippen molar-refractivity contribution >= 4 is 35.0 Å². The van der Waals surface area contributed by atoms with Gasteiger partial charge < -0.3 is 21.5 Å². The fourth-order valence-electron chi connectivity index (χ4n) is 4.79. The Morgan fingerprint density at radius 2 is 1.74 bits per heavy atom. The Labute approximate surface area is 226 Å². The van der Waals surface area contributed by atoms with E-state index in [4.69, 9.17) is 5.73 Å². The third kappa shape index (κ3) is 7.49. The molecule has 1 aliphatic heterocycles. The molecule has 5 N–H and O–H groups in total. The van der Waals surface area contributed by atoms with Crippen molar-refractivity contribution in [1.82, 2.24) is 4.90 Å². The van der Waals surface area contributed by atoms with Crippen molar-refractivity contribution in [2.75, 3.05) is 36.0 Å². The lowest BCUT2D eigenvalue weighted by Gasteiger charge is -2.25. The van der Waals surface area contributed by atoms with E-state index in [1.807, 2.05) is 29.2 Å². The van der Waals surface area contributed by atoms with Crippen LogP contribution >= 0.6 is 0 Å². The maximum Gasteiger partial charge on any atom is 0.248 e. The van der Waals surface area contributed by atoms with Crippen LogP contribution in [0.1, 0.15) is 30.9 Å². The first-order valence-corrected chi connectivity index (χ1v) is 12.6. The molecule has 1 saturated heterocycles. The third-order valence-electron chi connectivity index (χ3n) is 6.54. The molecule has 0 aliphatic carbocycles. The van der Waals surface area contributed by atoms with Crippen molar-refractivity contribution in [2.24, 2.45) is 5.92 Å². The molecule has 2 unspecified atom stereocenters. The number of carbonyl (C=O) groups is 2. The second kappa shape index (κ2) is 11.8. The highest BCUT2D eigenvalue weighted by Crippen LogP contribution is 2.35. The first-order chi connectivity index (χ1) is 18.5. The molecular weight excluding hydrogens is 502 g/mol. The molecule has 0 bridgehead atoms. The van der Waals surface area contributed by atoms with Crippen LogP contribution in [0, 0.1) is 17.6 Å². The molecule has 0 radical (unpaired) electrons. The highest BCUT2D eigenvalue weighted by molar-refractivity contribution is 6.03. The van der Waals surface area contributed by atoms with Crippen LogP contribution in [0.25, 0.3) is 6.08 Å². The standard InChI is InChI=1S/C30H32F2N4O3/c1-30(2,39)18-36-16-22(23(17-36)29(38)35-26-13-12-21(31)15-24(26)32)20-10-7-19(8-11-20)9-14-28(37)34-27-6-4-3-5-25(27)33/h3-15,22-23,39H,16-18,33H2,1-2H3,(H,34,37)(H,35,38). The number of rotatable bonds is 8. The Kier molecular flexibility index (Phi) is 8.42. The highest BCUT2D eigenvalue weighted by Gasteiger charge is 2.40. The molecule has 2 atom stereocenters. The fourth-order valence-corrected chi connectivity index (χ4v) is 4.79. The zero-order chi connectivity index (χ0) is 28.2. The second-order valence-electron chi connectivity index (χ2n) is 10.4. The first-order valence-electron chi connectivity index (χ1n) is 12.6. The number of para-hydroxylation sites is 2. The molecule has 204 valence electrons. The summed E-state index contributed by atoms with van der Waals surface area (Å²) in [5.41, 5.74) is 7.51. The maximum absolute atomic E-state index is 14.2. The maximum atomic E-state index is 14.2. The van der Waals surface area contributed by atoms with Crippen molar-refractivity contribution < 1.29 is 23.5 Å². The Hall–Kier alpha value is -4.08. The zero-order valence-corrected chi connectivity index (χ0v) is 21.8. The predicted molar refractivity (Wildman–Crippen MR) is 149 cm³/mol. The summed E-state index contributed by atoms with van der Waals surface area (Å²) in [5.74, 6) is -3.03. The number of hydrogen-bond donors (Lipinski definition) is 4. The van der Waals surface area contributed by atoms with Gasteiger partial charge in [-0.05, 0) is 55.3 Å². The summed E-state index contributed by atoms with van der Waals surface area (Å²) in [6.45, 7) is 4.65. The number of likely N-dealkylation sites (tertiary alicyclic amines) is 1. The summed E-state index contributed by atoms with van der Waals surface area (Å²) in [4.78, 5) is 27.5. The largest absolute Gasteiger partial charge is 0.397 e. The number of hydrogen-bond acceptors (Lipinski definition) is 5. The van der Waals surface area contributed by atoms with Crippen LogP contribution in [0.5, 0.6) is 0 Å². The topological polar surface area (TPSA) is 108 Å². The van der Waals surface area contributed by atoms with Crippen LogP contribution in [0.3, 0.4) is 0 Å². The number of carbonyl (C=O) groups excluding carboxylic acids is 2. The normalized spacial score (nSPS) is 17.9. The van der Waals surface area contributed by atoms with Gasteiger partial charge in [-0.2, -0.15) is 0 Å². The van der Waals surface area contributed by atoms with Crippen LogP contribution in [-0.4, -0.2) is 47.1 Å². The Bertz CT molecular complexity index is 1370. The van der Waals surface area contributed by atoms with E-state index in [2.05, 4.69) is 10.6 Å². The summed E-state index contributed by atoms with van der Waals surface area (Å²) in [7, 11) is 0. The molecule has 3 aromatic rings. The van der Waals surface area contributed by atoms with Gasteiger partial charge in [-0.15, -0.1) is 0 Å².